The van der Waals surface area contributed by atoms with Crippen molar-refractivity contribution in [1.29, 1.82) is 0 Å². The number of halogens is 9. The van der Waals surface area contributed by atoms with E-state index in [2.05, 4.69) is 28.2 Å². The Bertz CT molecular complexity index is 1420. The Labute approximate surface area is 268 Å². The first-order chi connectivity index (χ1) is 21.5. The third-order valence-corrected chi connectivity index (χ3v) is 7.84. The summed E-state index contributed by atoms with van der Waals surface area (Å²) in [5, 5.41) is 24.6. The van der Waals surface area contributed by atoms with E-state index in [1.165, 1.54) is 12.1 Å². The lowest BCUT2D eigenvalue weighted by molar-refractivity contribution is -0.849. The molecule has 14 heteroatoms. The van der Waals surface area contributed by atoms with Crippen LogP contribution in [0.5, 0.6) is 0 Å². The molecule has 3 aromatic carbocycles. The number of benzene rings is 3. The summed E-state index contributed by atoms with van der Waals surface area (Å²) in [5.41, 5.74) is -8.90. The molecule has 4 nitrogen and oxygen atoms in total. The van der Waals surface area contributed by atoms with Gasteiger partial charge in [-0.1, -0.05) is 74.2 Å². The molecule has 0 spiro atoms. The number of hydrogen-bond donors (Lipinski definition) is 0. The van der Waals surface area contributed by atoms with Gasteiger partial charge in [0, 0.05) is 0 Å². The molecule has 0 heterocycles. The van der Waals surface area contributed by atoms with Gasteiger partial charge >= 0.3 is 18.5 Å². The summed E-state index contributed by atoms with van der Waals surface area (Å²) in [4.78, 5) is 0. The first-order valence-corrected chi connectivity index (χ1v) is 14.8. The Hall–Kier alpha value is -3.07. The van der Waals surface area contributed by atoms with E-state index in [0.717, 1.165) is 46.9 Å². The van der Waals surface area contributed by atoms with Crippen LogP contribution in [0.25, 0.3) is 0 Å². The zero-order chi connectivity index (χ0) is 35.5. The summed E-state index contributed by atoms with van der Waals surface area (Å²) < 4.78 is 132. The lowest BCUT2D eigenvalue weighted by Gasteiger charge is -2.57. The molecule has 1 aliphatic carbocycles. The lowest BCUT2D eigenvalue weighted by atomic mass is 9.55. The second-order valence-corrected chi connectivity index (χ2v) is 13.0. The van der Waals surface area contributed by atoms with E-state index in [1.54, 1.807) is 0 Å². The second-order valence-electron chi connectivity index (χ2n) is 13.0. The highest BCUT2D eigenvalue weighted by Crippen LogP contribution is 2.57. The van der Waals surface area contributed by atoms with E-state index in [9.17, 15) is 49.6 Å². The molecular weight excluding hydrogens is 640 g/mol. The van der Waals surface area contributed by atoms with Gasteiger partial charge in [0.05, 0.1) is 63.2 Å². The molecule has 0 saturated heterocycles. The maximum Gasteiger partial charge on any atom is 0.416 e. The van der Waals surface area contributed by atoms with Crippen molar-refractivity contribution < 1.29 is 58.7 Å². The maximum absolute atomic E-state index is 13.9. The molecule has 47 heavy (non-hydrogen) atoms. The first kappa shape index (κ1) is 38.4. The third kappa shape index (κ3) is 9.30. The highest BCUT2D eigenvalue weighted by molar-refractivity contribution is 6.28. The van der Waals surface area contributed by atoms with Crippen LogP contribution in [0.15, 0.2) is 72.8 Å². The highest BCUT2D eigenvalue weighted by Gasteiger charge is 2.55. The molecule has 4 rings (SSSR count). The predicted molar refractivity (Wildman–Crippen MR) is 155 cm³/mol. The fraction of sp³-hybridized carbons (Fsp3) is 0.455. The SMILES string of the molecule is C[N+](C)(C)C.[O-]B([O-])OC1(c2cccc(C(F)(F)F)c2)CCCCCCC1(c1cccc(C(F)(F)F)c1)c1cccc(C(F)(F)F)c1. The molecule has 0 radical (unpaired) electrons. The summed E-state index contributed by atoms with van der Waals surface area (Å²) in [6.45, 7) is 0. The zero-order valence-corrected chi connectivity index (χ0v) is 26.3. The number of quaternary nitrogens is 1. The van der Waals surface area contributed by atoms with Crippen molar-refractivity contribution >= 4 is 7.32 Å². The molecule has 3 aromatic rings. The van der Waals surface area contributed by atoms with E-state index in [4.69, 9.17) is 4.65 Å². The molecule has 1 fully saturated rings. The van der Waals surface area contributed by atoms with Crippen LogP contribution in [0.3, 0.4) is 0 Å². The largest absolute Gasteiger partial charge is 0.871 e. The fourth-order valence-corrected chi connectivity index (χ4v) is 6.11. The molecule has 0 amide bonds. The minimum atomic E-state index is -4.90. The van der Waals surface area contributed by atoms with Crippen LogP contribution < -0.4 is 10.0 Å². The van der Waals surface area contributed by atoms with Crippen molar-refractivity contribution in [2.75, 3.05) is 28.2 Å². The Morgan fingerprint density at radius 2 is 0.915 bits per heavy atom. The Kier molecular flexibility index (Phi) is 11.6. The van der Waals surface area contributed by atoms with Crippen molar-refractivity contribution in [1.82, 2.24) is 0 Å². The van der Waals surface area contributed by atoms with Crippen molar-refractivity contribution in [3.05, 3.63) is 106 Å². The van der Waals surface area contributed by atoms with E-state index in [-0.39, 0.29) is 42.4 Å². The van der Waals surface area contributed by atoms with Gasteiger partial charge in [0.25, 0.3) is 0 Å². The Balaban J connectivity index is 0.00000111. The third-order valence-electron chi connectivity index (χ3n) is 7.84. The maximum atomic E-state index is 13.9. The molecule has 0 aromatic heterocycles. The normalized spacial score (nSPS) is 19.2. The van der Waals surface area contributed by atoms with Gasteiger partial charge in [-0.2, -0.15) is 39.5 Å². The number of alkyl halides is 9. The molecule has 258 valence electrons. The summed E-state index contributed by atoms with van der Waals surface area (Å²) in [6.07, 6.45) is -14.0. The van der Waals surface area contributed by atoms with Gasteiger partial charge in [0.2, 0.25) is 0 Å². The van der Waals surface area contributed by atoms with Crippen LogP contribution in [0.1, 0.15) is 71.9 Å². The van der Waals surface area contributed by atoms with E-state index in [0.29, 0.717) is 31.0 Å². The van der Waals surface area contributed by atoms with Crippen LogP contribution >= 0.6 is 0 Å². The molecule has 0 bridgehead atoms. The minimum Gasteiger partial charge on any atom is -0.871 e. The van der Waals surface area contributed by atoms with Gasteiger partial charge in [0.15, 0.2) is 0 Å². The number of hydrogen-bond acceptors (Lipinski definition) is 3. The summed E-state index contributed by atoms with van der Waals surface area (Å²) in [7, 11) is 5.36. The number of rotatable bonds is 5. The van der Waals surface area contributed by atoms with Crippen molar-refractivity contribution in [3.63, 3.8) is 0 Å². The molecule has 0 aliphatic heterocycles. The van der Waals surface area contributed by atoms with Gasteiger partial charge in [0.1, 0.15) is 0 Å². The van der Waals surface area contributed by atoms with Gasteiger partial charge in [-0.25, -0.2) is 0 Å². The Morgan fingerprint density at radius 3 is 1.28 bits per heavy atom. The quantitative estimate of drug-likeness (QED) is 0.162. The number of nitrogens with zero attached hydrogens (tertiary/aromatic N) is 1. The highest BCUT2D eigenvalue weighted by atomic mass is 19.4. The predicted octanol–water partition coefficient (Wildman–Crippen LogP) is 7.32. The van der Waals surface area contributed by atoms with Crippen LogP contribution in [0.4, 0.5) is 39.5 Å². The van der Waals surface area contributed by atoms with E-state index >= 15 is 0 Å². The fourth-order valence-electron chi connectivity index (χ4n) is 6.11. The first-order valence-electron chi connectivity index (χ1n) is 14.8. The summed E-state index contributed by atoms with van der Waals surface area (Å²) >= 11 is 0. The second kappa shape index (κ2) is 14.2. The smallest absolute Gasteiger partial charge is 0.416 e. The van der Waals surface area contributed by atoms with Crippen LogP contribution in [-0.4, -0.2) is 40.0 Å². The monoisotopic (exact) mass is 676 g/mol. The van der Waals surface area contributed by atoms with Crippen LogP contribution in [0, 0.1) is 0 Å². The van der Waals surface area contributed by atoms with Crippen LogP contribution in [-0.2, 0) is 34.2 Å². The molecule has 1 unspecified atom stereocenters. The van der Waals surface area contributed by atoms with Crippen molar-refractivity contribution in [2.24, 2.45) is 0 Å². The molecular formula is C33H36BF9NO3-. The topological polar surface area (TPSA) is 55.3 Å². The zero-order valence-electron chi connectivity index (χ0n) is 26.3. The van der Waals surface area contributed by atoms with Gasteiger partial charge in [-0.15, -0.1) is 0 Å². The van der Waals surface area contributed by atoms with Gasteiger partial charge in [-0.05, 0) is 53.8 Å². The molecule has 1 saturated carbocycles. The average molecular weight is 676 g/mol. The van der Waals surface area contributed by atoms with Gasteiger partial charge in [-0.3, -0.25) is 0 Å². The molecule has 1 atom stereocenters. The molecule has 0 N–H and O–H groups in total. The summed E-state index contributed by atoms with van der Waals surface area (Å²) in [6, 6.07) is 10.8. The van der Waals surface area contributed by atoms with Crippen molar-refractivity contribution in [3.8, 4) is 0 Å². The standard InChI is InChI=1S/C29H24BF9O3.C4H12N/c31-27(32,33)22-11-5-8-19(16-22)25(20-9-6-12-23(17-20)28(34,35)36)14-3-1-2-4-15-26(25,42-30(40)41)21-10-7-13-24(18-21)29(37,38)39;1-5(2,3)4/h5-13,16-18H,1-4,14-15H2;1-4H3/q-2;+1. The van der Waals surface area contributed by atoms with Crippen molar-refractivity contribution in [2.45, 2.75) is 68.1 Å². The minimum absolute atomic E-state index is 0.155. The van der Waals surface area contributed by atoms with E-state index in [1.807, 2.05) is 0 Å². The van der Waals surface area contributed by atoms with Gasteiger partial charge < -0.3 is 19.2 Å². The Morgan fingerprint density at radius 1 is 0.574 bits per heavy atom. The lowest BCUT2D eigenvalue weighted by Crippen LogP contribution is -2.61. The molecule has 1 aliphatic rings. The van der Waals surface area contributed by atoms with E-state index < -0.39 is 53.6 Å². The summed E-state index contributed by atoms with van der Waals surface area (Å²) in [5.74, 6) is 0. The average Bonchev–Trinajstić information content (AvgIpc) is 2.93. The van der Waals surface area contributed by atoms with Crippen LogP contribution in [0.2, 0.25) is 0 Å².